The first-order chi connectivity index (χ1) is 9.19. The fourth-order valence-electron chi connectivity index (χ4n) is 1.54. The maximum absolute atomic E-state index is 10.5. The van der Waals surface area contributed by atoms with E-state index in [4.69, 9.17) is 5.26 Å². The number of nitro benzene ring substituents is 1. The first kappa shape index (κ1) is 12.5. The van der Waals surface area contributed by atoms with E-state index in [2.05, 4.69) is 10.3 Å². The number of hydrogen-bond donors (Lipinski definition) is 1. The van der Waals surface area contributed by atoms with E-state index < -0.39 is 4.92 Å². The Kier molecular flexibility index (Phi) is 3.69. The molecule has 0 atom stereocenters. The van der Waals surface area contributed by atoms with E-state index in [-0.39, 0.29) is 5.69 Å². The average Bonchev–Trinajstić information content (AvgIpc) is 2.46. The summed E-state index contributed by atoms with van der Waals surface area (Å²) in [6.07, 6.45) is 1.55. The number of nitrogens with one attached hydrogen (secondary N) is 1. The van der Waals surface area contributed by atoms with Gasteiger partial charge in [0.1, 0.15) is 11.8 Å². The number of nitro groups is 1. The number of non-ortho nitro benzene ring substituents is 1. The van der Waals surface area contributed by atoms with Crippen molar-refractivity contribution in [2.75, 3.05) is 5.32 Å². The van der Waals surface area contributed by atoms with Crippen LogP contribution in [0.1, 0.15) is 11.3 Å². The summed E-state index contributed by atoms with van der Waals surface area (Å²) in [4.78, 5) is 14.0. The number of rotatable bonds is 4. The Morgan fingerprint density at radius 3 is 2.68 bits per heavy atom. The van der Waals surface area contributed by atoms with Crippen molar-refractivity contribution in [2.24, 2.45) is 0 Å². The molecule has 0 fully saturated rings. The first-order valence-electron chi connectivity index (χ1n) is 5.52. The third-order valence-corrected chi connectivity index (χ3v) is 2.52. The number of hydrogen-bond acceptors (Lipinski definition) is 5. The lowest BCUT2D eigenvalue weighted by Gasteiger charge is -2.06. The smallest absolute Gasteiger partial charge is 0.269 e. The van der Waals surface area contributed by atoms with Crippen molar-refractivity contribution in [3.8, 4) is 6.07 Å². The van der Waals surface area contributed by atoms with Crippen LogP contribution in [0, 0.1) is 21.4 Å². The SMILES string of the molecule is N#Cc1cc(NCc2ccc([N+](=O)[O-])cc2)ccn1. The molecule has 1 aromatic heterocycles. The van der Waals surface area contributed by atoms with Crippen LogP contribution in [0.3, 0.4) is 0 Å². The number of benzene rings is 1. The topological polar surface area (TPSA) is 91.8 Å². The predicted octanol–water partition coefficient (Wildman–Crippen LogP) is 2.47. The van der Waals surface area contributed by atoms with Gasteiger partial charge >= 0.3 is 0 Å². The van der Waals surface area contributed by atoms with Crippen molar-refractivity contribution in [3.05, 3.63) is 64.0 Å². The van der Waals surface area contributed by atoms with E-state index in [0.29, 0.717) is 12.2 Å². The van der Waals surface area contributed by atoms with Crippen molar-refractivity contribution in [1.29, 1.82) is 5.26 Å². The molecule has 0 amide bonds. The Balaban J connectivity index is 2.02. The van der Waals surface area contributed by atoms with Gasteiger partial charge in [0.25, 0.3) is 5.69 Å². The summed E-state index contributed by atoms with van der Waals surface area (Å²) in [6, 6.07) is 11.7. The number of aromatic nitrogens is 1. The highest BCUT2D eigenvalue weighted by Gasteiger charge is 2.03. The van der Waals surface area contributed by atoms with Gasteiger partial charge in [-0.05, 0) is 17.7 Å². The Bertz CT molecular complexity index is 632. The average molecular weight is 254 g/mol. The maximum atomic E-state index is 10.5. The second-order valence-electron chi connectivity index (χ2n) is 3.82. The van der Waals surface area contributed by atoms with Crippen molar-refractivity contribution in [3.63, 3.8) is 0 Å². The summed E-state index contributed by atoms with van der Waals surface area (Å²) in [6.45, 7) is 0.521. The van der Waals surface area contributed by atoms with Crippen LogP contribution in [0.2, 0.25) is 0 Å². The van der Waals surface area contributed by atoms with Crippen LogP contribution in [0.25, 0.3) is 0 Å². The zero-order valence-electron chi connectivity index (χ0n) is 9.91. The highest BCUT2D eigenvalue weighted by molar-refractivity contribution is 5.46. The lowest BCUT2D eigenvalue weighted by atomic mass is 10.2. The third kappa shape index (κ3) is 3.26. The van der Waals surface area contributed by atoms with Crippen molar-refractivity contribution < 1.29 is 4.92 Å². The minimum atomic E-state index is -0.431. The molecule has 19 heavy (non-hydrogen) atoms. The van der Waals surface area contributed by atoms with E-state index in [1.54, 1.807) is 30.5 Å². The summed E-state index contributed by atoms with van der Waals surface area (Å²) in [5.41, 5.74) is 2.11. The highest BCUT2D eigenvalue weighted by Crippen LogP contribution is 2.14. The standard InChI is InChI=1S/C13H10N4O2/c14-8-12-7-11(5-6-15-12)16-9-10-1-3-13(4-2-10)17(18)19/h1-7H,9H2,(H,15,16). The second-order valence-corrected chi connectivity index (χ2v) is 3.82. The lowest BCUT2D eigenvalue weighted by Crippen LogP contribution is -2.00. The molecule has 6 heteroatoms. The van der Waals surface area contributed by atoms with Crippen LogP contribution < -0.4 is 5.32 Å². The van der Waals surface area contributed by atoms with E-state index >= 15 is 0 Å². The lowest BCUT2D eigenvalue weighted by molar-refractivity contribution is -0.384. The van der Waals surface area contributed by atoms with Crippen LogP contribution in [0.15, 0.2) is 42.6 Å². The number of anilines is 1. The molecule has 6 nitrogen and oxygen atoms in total. The molecule has 1 N–H and O–H groups in total. The van der Waals surface area contributed by atoms with Gasteiger partial charge in [-0.3, -0.25) is 10.1 Å². The molecule has 0 aliphatic heterocycles. The maximum Gasteiger partial charge on any atom is 0.269 e. The van der Waals surface area contributed by atoms with Crippen LogP contribution in [0.5, 0.6) is 0 Å². The molecule has 0 bridgehead atoms. The largest absolute Gasteiger partial charge is 0.381 e. The normalized spacial score (nSPS) is 9.63. The van der Waals surface area contributed by atoms with Gasteiger partial charge in [0.2, 0.25) is 0 Å². The van der Waals surface area contributed by atoms with Gasteiger partial charge in [0.05, 0.1) is 4.92 Å². The molecule has 0 saturated carbocycles. The quantitative estimate of drug-likeness (QED) is 0.668. The molecule has 0 saturated heterocycles. The van der Waals surface area contributed by atoms with E-state index in [0.717, 1.165) is 11.3 Å². The molecule has 1 heterocycles. The van der Waals surface area contributed by atoms with Gasteiger partial charge in [0.15, 0.2) is 0 Å². The zero-order chi connectivity index (χ0) is 13.7. The number of pyridine rings is 1. The van der Waals surface area contributed by atoms with Gasteiger partial charge < -0.3 is 5.32 Å². The highest BCUT2D eigenvalue weighted by atomic mass is 16.6. The number of nitrogens with zero attached hydrogens (tertiary/aromatic N) is 3. The molecule has 0 spiro atoms. The first-order valence-corrected chi connectivity index (χ1v) is 5.52. The Morgan fingerprint density at radius 2 is 2.05 bits per heavy atom. The Labute approximate surface area is 109 Å². The fraction of sp³-hybridized carbons (Fsp3) is 0.0769. The molecule has 94 valence electrons. The van der Waals surface area contributed by atoms with Crippen molar-refractivity contribution >= 4 is 11.4 Å². The zero-order valence-corrected chi connectivity index (χ0v) is 9.91. The minimum absolute atomic E-state index is 0.0689. The van der Waals surface area contributed by atoms with Crippen molar-refractivity contribution in [1.82, 2.24) is 4.98 Å². The van der Waals surface area contributed by atoms with Crippen molar-refractivity contribution in [2.45, 2.75) is 6.54 Å². The van der Waals surface area contributed by atoms with Crippen LogP contribution in [-0.4, -0.2) is 9.91 Å². The van der Waals surface area contributed by atoms with Gasteiger partial charge in [-0.1, -0.05) is 12.1 Å². The number of nitriles is 1. The van der Waals surface area contributed by atoms with Crippen LogP contribution in [-0.2, 0) is 6.54 Å². The van der Waals surface area contributed by atoms with E-state index in [9.17, 15) is 10.1 Å². The predicted molar refractivity (Wildman–Crippen MR) is 69.4 cm³/mol. The third-order valence-electron chi connectivity index (χ3n) is 2.52. The molecule has 1 aromatic carbocycles. The molecule has 0 radical (unpaired) electrons. The van der Waals surface area contributed by atoms with E-state index in [1.165, 1.54) is 12.1 Å². The summed E-state index contributed by atoms with van der Waals surface area (Å²) in [5.74, 6) is 0. The second kappa shape index (κ2) is 5.60. The monoisotopic (exact) mass is 254 g/mol. The Hall–Kier alpha value is -2.94. The summed E-state index contributed by atoms with van der Waals surface area (Å²) >= 11 is 0. The van der Waals surface area contributed by atoms with E-state index in [1.807, 2.05) is 6.07 Å². The molecular formula is C13H10N4O2. The van der Waals surface area contributed by atoms with Crippen LogP contribution in [0.4, 0.5) is 11.4 Å². The fourth-order valence-corrected chi connectivity index (χ4v) is 1.54. The summed E-state index contributed by atoms with van der Waals surface area (Å²) in [7, 11) is 0. The molecule has 2 rings (SSSR count). The van der Waals surface area contributed by atoms with Gasteiger partial charge in [0, 0.05) is 30.6 Å². The molecule has 0 unspecified atom stereocenters. The summed E-state index contributed by atoms with van der Waals surface area (Å²) in [5, 5.41) is 22.4. The summed E-state index contributed by atoms with van der Waals surface area (Å²) < 4.78 is 0. The molecule has 0 aliphatic carbocycles. The van der Waals surface area contributed by atoms with Gasteiger partial charge in [-0.25, -0.2) is 4.98 Å². The van der Waals surface area contributed by atoms with Gasteiger partial charge in [-0.2, -0.15) is 5.26 Å². The molecule has 0 aliphatic rings. The molecular weight excluding hydrogens is 244 g/mol. The Morgan fingerprint density at radius 1 is 1.32 bits per heavy atom. The van der Waals surface area contributed by atoms with Gasteiger partial charge in [-0.15, -0.1) is 0 Å². The minimum Gasteiger partial charge on any atom is -0.381 e. The molecule has 2 aromatic rings. The van der Waals surface area contributed by atoms with Crippen LogP contribution >= 0.6 is 0 Å².